The van der Waals surface area contributed by atoms with Crippen molar-refractivity contribution in [1.29, 1.82) is 0 Å². The van der Waals surface area contributed by atoms with E-state index in [0.29, 0.717) is 41.4 Å². The second-order valence-corrected chi connectivity index (χ2v) is 7.83. The van der Waals surface area contributed by atoms with Gasteiger partial charge in [-0.1, -0.05) is 0 Å². The average Bonchev–Trinajstić information content (AvgIpc) is 3.00. The number of rotatable bonds is 5. The molecule has 1 aliphatic rings. The van der Waals surface area contributed by atoms with Gasteiger partial charge in [0.2, 0.25) is 10.0 Å². The van der Waals surface area contributed by atoms with Crippen LogP contribution in [-0.4, -0.2) is 40.8 Å². The minimum absolute atomic E-state index is 0.171. The molecule has 0 spiro atoms. The summed E-state index contributed by atoms with van der Waals surface area (Å²) < 4.78 is 35.7. The number of nitrogens with zero attached hydrogens (tertiary/aromatic N) is 1. The molecule has 0 aliphatic carbocycles. The number of anilines is 2. The lowest BCUT2D eigenvalue weighted by Crippen LogP contribution is -2.24. The Bertz CT molecular complexity index is 910. The van der Waals surface area contributed by atoms with Crippen LogP contribution in [0, 0.1) is 0 Å². The van der Waals surface area contributed by atoms with Crippen molar-refractivity contribution in [2.24, 2.45) is 0 Å². The highest BCUT2D eigenvalue weighted by Gasteiger charge is 2.28. The van der Waals surface area contributed by atoms with E-state index in [4.69, 9.17) is 9.47 Å². The monoisotopic (exact) mass is 376 g/mol. The van der Waals surface area contributed by atoms with E-state index in [-0.39, 0.29) is 11.7 Å². The number of methoxy groups -OCH3 is 2. The number of nitrogens with one attached hydrogen (secondary N) is 1. The fourth-order valence-electron chi connectivity index (χ4n) is 2.82. The van der Waals surface area contributed by atoms with Gasteiger partial charge in [0.15, 0.2) is 11.5 Å². The maximum absolute atomic E-state index is 12.4. The molecule has 0 aromatic heterocycles. The van der Waals surface area contributed by atoms with Crippen molar-refractivity contribution in [3.05, 3.63) is 48.0 Å². The van der Waals surface area contributed by atoms with Gasteiger partial charge in [0.25, 0.3) is 5.91 Å². The normalized spacial score (nSPS) is 15.5. The van der Waals surface area contributed by atoms with Gasteiger partial charge in [-0.15, -0.1) is 0 Å². The Morgan fingerprint density at radius 2 is 1.73 bits per heavy atom. The molecule has 2 aromatic carbocycles. The number of hydrogen-bond acceptors (Lipinski definition) is 5. The third-order valence-corrected chi connectivity index (χ3v) is 6.03. The molecule has 1 N–H and O–H groups in total. The quantitative estimate of drug-likeness (QED) is 0.867. The van der Waals surface area contributed by atoms with Crippen molar-refractivity contribution >= 4 is 27.3 Å². The third-order valence-electron chi connectivity index (χ3n) is 4.16. The molecule has 0 saturated carbocycles. The van der Waals surface area contributed by atoms with Crippen LogP contribution in [0.4, 0.5) is 11.4 Å². The highest BCUT2D eigenvalue weighted by atomic mass is 32.2. The molecule has 1 heterocycles. The Morgan fingerprint density at radius 3 is 2.31 bits per heavy atom. The van der Waals surface area contributed by atoms with Crippen molar-refractivity contribution in [1.82, 2.24) is 0 Å². The van der Waals surface area contributed by atoms with E-state index in [9.17, 15) is 13.2 Å². The zero-order chi connectivity index (χ0) is 18.7. The molecule has 7 nitrogen and oxygen atoms in total. The smallest absolute Gasteiger partial charge is 0.255 e. The molecular weight excluding hydrogens is 356 g/mol. The molecule has 1 saturated heterocycles. The molecule has 8 heteroatoms. The lowest BCUT2D eigenvalue weighted by atomic mass is 10.1. The Morgan fingerprint density at radius 1 is 1.04 bits per heavy atom. The van der Waals surface area contributed by atoms with Gasteiger partial charge < -0.3 is 14.8 Å². The van der Waals surface area contributed by atoms with Gasteiger partial charge in [-0.05, 0) is 48.9 Å². The molecule has 0 unspecified atom stereocenters. The van der Waals surface area contributed by atoms with Crippen LogP contribution in [0.15, 0.2) is 42.5 Å². The summed E-state index contributed by atoms with van der Waals surface area (Å²) in [5.74, 6) is 0.882. The molecule has 26 heavy (non-hydrogen) atoms. The summed E-state index contributed by atoms with van der Waals surface area (Å²) in [4.78, 5) is 12.4. The molecule has 2 aromatic rings. The molecule has 0 atom stereocenters. The molecular formula is C18H20N2O5S. The summed E-state index contributed by atoms with van der Waals surface area (Å²) >= 11 is 0. The van der Waals surface area contributed by atoms with Crippen LogP contribution in [0.1, 0.15) is 16.8 Å². The minimum atomic E-state index is -3.21. The molecule has 138 valence electrons. The zero-order valence-corrected chi connectivity index (χ0v) is 15.4. The van der Waals surface area contributed by atoms with Crippen LogP contribution < -0.4 is 19.1 Å². The van der Waals surface area contributed by atoms with Gasteiger partial charge in [-0.2, -0.15) is 0 Å². The molecule has 1 aliphatic heterocycles. The van der Waals surface area contributed by atoms with E-state index in [1.807, 2.05) is 0 Å². The van der Waals surface area contributed by atoms with Crippen LogP contribution in [-0.2, 0) is 10.0 Å². The maximum atomic E-state index is 12.4. The van der Waals surface area contributed by atoms with E-state index < -0.39 is 10.0 Å². The highest BCUT2D eigenvalue weighted by Crippen LogP contribution is 2.28. The summed E-state index contributed by atoms with van der Waals surface area (Å²) in [6.07, 6.45) is 0.625. The van der Waals surface area contributed by atoms with Crippen LogP contribution in [0.25, 0.3) is 0 Å². The van der Waals surface area contributed by atoms with Crippen LogP contribution in [0.2, 0.25) is 0 Å². The standard InChI is InChI=1S/C18H20N2O5S/c1-24-16-9-4-13(12-17(16)25-2)18(21)19-14-5-7-15(8-6-14)20-10-3-11-26(20,22)23/h4-9,12H,3,10-11H2,1-2H3,(H,19,21). The van der Waals surface area contributed by atoms with E-state index >= 15 is 0 Å². The summed E-state index contributed by atoms with van der Waals surface area (Å²) in [6.45, 7) is 0.486. The number of ether oxygens (including phenoxy) is 2. The molecule has 1 amide bonds. The molecule has 3 rings (SSSR count). The van der Waals surface area contributed by atoms with E-state index in [1.165, 1.54) is 18.5 Å². The van der Waals surface area contributed by atoms with Crippen LogP contribution >= 0.6 is 0 Å². The first-order valence-corrected chi connectivity index (χ1v) is 9.69. The summed E-state index contributed by atoms with van der Waals surface area (Å²) in [5, 5.41) is 2.78. The van der Waals surface area contributed by atoms with Gasteiger partial charge in [0.1, 0.15) is 0 Å². The van der Waals surface area contributed by atoms with Crippen LogP contribution in [0.3, 0.4) is 0 Å². The Hall–Kier alpha value is -2.74. The van der Waals surface area contributed by atoms with Gasteiger partial charge in [0, 0.05) is 17.8 Å². The van der Waals surface area contributed by atoms with Crippen LogP contribution in [0.5, 0.6) is 11.5 Å². The Kier molecular flexibility index (Phi) is 5.03. The third kappa shape index (κ3) is 3.60. The van der Waals surface area contributed by atoms with Crippen molar-refractivity contribution in [2.45, 2.75) is 6.42 Å². The second-order valence-electron chi connectivity index (χ2n) is 5.81. The maximum Gasteiger partial charge on any atom is 0.255 e. The number of hydrogen-bond donors (Lipinski definition) is 1. The summed E-state index contributed by atoms with van der Waals surface area (Å²) in [6, 6.07) is 11.6. The van der Waals surface area contributed by atoms with Gasteiger partial charge in [-0.3, -0.25) is 9.10 Å². The van der Waals surface area contributed by atoms with Gasteiger partial charge in [0.05, 0.1) is 25.7 Å². The Balaban J connectivity index is 1.74. The van der Waals surface area contributed by atoms with E-state index in [0.717, 1.165) is 0 Å². The fraction of sp³-hybridized carbons (Fsp3) is 0.278. The summed E-state index contributed by atoms with van der Waals surface area (Å²) in [5.41, 5.74) is 1.60. The van der Waals surface area contributed by atoms with Gasteiger partial charge in [-0.25, -0.2) is 8.42 Å². The lowest BCUT2D eigenvalue weighted by Gasteiger charge is -2.17. The predicted molar refractivity (Wildman–Crippen MR) is 99.7 cm³/mol. The number of carbonyl (C=O) groups excluding carboxylic acids is 1. The van der Waals surface area contributed by atoms with Gasteiger partial charge >= 0.3 is 0 Å². The van der Waals surface area contributed by atoms with E-state index in [1.54, 1.807) is 42.5 Å². The minimum Gasteiger partial charge on any atom is -0.493 e. The first-order chi connectivity index (χ1) is 12.4. The van der Waals surface area contributed by atoms with Crippen molar-refractivity contribution in [3.8, 4) is 11.5 Å². The molecule has 1 fully saturated rings. The van der Waals surface area contributed by atoms with E-state index in [2.05, 4.69) is 5.32 Å². The predicted octanol–water partition coefficient (Wildman–Crippen LogP) is 2.50. The second kappa shape index (κ2) is 7.25. The topological polar surface area (TPSA) is 84.9 Å². The first-order valence-electron chi connectivity index (χ1n) is 8.08. The number of sulfonamides is 1. The van der Waals surface area contributed by atoms with Crippen molar-refractivity contribution in [3.63, 3.8) is 0 Å². The Labute approximate surface area is 152 Å². The SMILES string of the molecule is COc1ccc(C(=O)Nc2ccc(N3CCCS3(=O)=O)cc2)cc1OC. The average molecular weight is 376 g/mol. The zero-order valence-electron chi connectivity index (χ0n) is 14.6. The number of amides is 1. The highest BCUT2D eigenvalue weighted by molar-refractivity contribution is 7.93. The lowest BCUT2D eigenvalue weighted by molar-refractivity contribution is 0.102. The summed E-state index contributed by atoms with van der Waals surface area (Å²) in [7, 11) is -0.181. The van der Waals surface area contributed by atoms with Crippen molar-refractivity contribution < 1.29 is 22.7 Å². The number of carbonyl (C=O) groups is 1. The molecule has 0 radical (unpaired) electrons. The molecule has 0 bridgehead atoms. The first kappa shape index (κ1) is 18.1. The van der Waals surface area contributed by atoms with Crippen molar-refractivity contribution in [2.75, 3.05) is 36.1 Å². The number of benzene rings is 2. The fourth-order valence-corrected chi connectivity index (χ4v) is 4.39. The largest absolute Gasteiger partial charge is 0.493 e.